The third-order valence-electron chi connectivity index (χ3n) is 1.41. The predicted octanol–water partition coefficient (Wildman–Crippen LogP) is 3.80. The Hall–Kier alpha value is -0.131. The van der Waals surface area contributed by atoms with E-state index < -0.39 is 0 Å². The summed E-state index contributed by atoms with van der Waals surface area (Å²) < 4.78 is 0. The van der Waals surface area contributed by atoms with E-state index in [9.17, 15) is 0 Å². The Kier molecular flexibility index (Phi) is 16.1. The minimum absolute atomic E-state index is 0. The summed E-state index contributed by atoms with van der Waals surface area (Å²) in [5.41, 5.74) is 0. The van der Waals surface area contributed by atoms with Crippen LogP contribution in [-0.4, -0.2) is 0 Å². The van der Waals surface area contributed by atoms with E-state index in [4.69, 9.17) is 0 Å². The van der Waals surface area contributed by atoms with Gasteiger partial charge in [0.2, 0.25) is 0 Å². The van der Waals surface area contributed by atoms with Crippen molar-refractivity contribution in [3.63, 3.8) is 0 Å². The molecule has 1 radical (unpaired) electrons. The van der Waals surface area contributed by atoms with Gasteiger partial charge in [0.05, 0.1) is 0 Å². The van der Waals surface area contributed by atoms with Crippen molar-refractivity contribution in [2.45, 2.75) is 32.6 Å². The Balaban J connectivity index is 0. The van der Waals surface area contributed by atoms with Gasteiger partial charge in [0.15, 0.2) is 0 Å². The monoisotopic (exact) mass is 205 g/mol. The molecular weight excluding hydrogens is 187 g/mol. The summed E-state index contributed by atoms with van der Waals surface area (Å²) >= 11 is 0. The van der Waals surface area contributed by atoms with Crippen LogP contribution in [0.4, 0.5) is 0 Å². The van der Waals surface area contributed by atoms with E-state index >= 15 is 0 Å². The predicted molar refractivity (Wildman–Crippen MR) is 51.5 cm³/mol. The molecule has 0 amide bonds. The largest absolute Gasteiger partial charge is 2.00 e. The van der Waals surface area contributed by atoms with Crippen molar-refractivity contribution < 1.29 is 17.1 Å². The van der Waals surface area contributed by atoms with Crippen LogP contribution in [0.5, 0.6) is 0 Å². The van der Waals surface area contributed by atoms with E-state index in [0.29, 0.717) is 0 Å². The second-order valence-electron chi connectivity index (χ2n) is 2.52. The minimum atomic E-state index is 0. The molecule has 1 aromatic carbocycles. The van der Waals surface area contributed by atoms with E-state index in [1.807, 2.05) is 30.3 Å². The molecule has 1 heteroatoms. The molecule has 0 unspecified atom stereocenters. The van der Waals surface area contributed by atoms with E-state index in [1.54, 1.807) is 0 Å². The van der Waals surface area contributed by atoms with Gasteiger partial charge in [-0.3, -0.25) is 0 Å². The molecule has 1 rings (SSSR count). The van der Waals surface area contributed by atoms with Crippen LogP contribution in [0.1, 0.15) is 32.6 Å². The van der Waals surface area contributed by atoms with Crippen molar-refractivity contribution in [2.24, 2.45) is 0 Å². The van der Waals surface area contributed by atoms with Crippen molar-refractivity contribution in [1.29, 1.82) is 0 Å². The van der Waals surface area contributed by atoms with E-state index in [1.165, 1.54) is 19.3 Å². The van der Waals surface area contributed by atoms with Crippen LogP contribution in [0.2, 0.25) is 0 Å². The Labute approximate surface area is 87.2 Å². The fourth-order valence-corrected chi connectivity index (χ4v) is 0.748. The van der Waals surface area contributed by atoms with Gasteiger partial charge >= 0.3 is 17.1 Å². The molecule has 0 fully saturated rings. The average molecular weight is 205 g/mol. The quantitative estimate of drug-likeness (QED) is 0.400. The summed E-state index contributed by atoms with van der Waals surface area (Å²) in [5.74, 6) is 0. The van der Waals surface area contributed by atoms with Crippen LogP contribution in [0.3, 0.4) is 0 Å². The van der Waals surface area contributed by atoms with Gasteiger partial charge in [0.1, 0.15) is 0 Å². The van der Waals surface area contributed by atoms with E-state index in [-0.39, 0.29) is 17.1 Å². The summed E-state index contributed by atoms with van der Waals surface area (Å²) in [7, 11) is 0. The van der Waals surface area contributed by atoms with Crippen LogP contribution in [0, 0.1) is 6.92 Å². The Morgan fingerprint density at radius 1 is 1.17 bits per heavy atom. The molecule has 1 aromatic rings. The van der Waals surface area contributed by atoms with Crippen molar-refractivity contribution >= 4 is 0 Å². The first-order valence-corrected chi connectivity index (χ1v) is 4.37. The van der Waals surface area contributed by atoms with Crippen LogP contribution in [0.25, 0.3) is 0 Å². The van der Waals surface area contributed by atoms with Gasteiger partial charge in [-0.2, -0.15) is 24.6 Å². The van der Waals surface area contributed by atoms with Gasteiger partial charge in [-0.05, 0) is 0 Å². The van der Waals surface area contributed by atoms with Gasteiger partial charge in [0, 0.05) is 0 Å². The van der Waals surface area contributed by atoms with Crippen LogP contribution in [-0.2, 0) is 17.1 Å². The number of unbranched alkanes of at least 4 members (excludes halogenated alkanes) is 3. The molecule has 0 aliphatic carbocycles. The maximum atomic E-state index is 3.72. The summed E-state index contributed by atoms with van der Waals surface area (Å²) in [5, 5.41) is 0. The maximum absolute atomic E-state index is 3.72. The van der Waals surface area contributed by atoms with E-state index in [2.05, 4.69) is 13.8 Å². The molecule has 0 aliphatic rings. The van der Waals surface area contributed by atoms with Crippen LogP contribution in [0.15, 0.2) is 30.3 Å². The van der Waals surface area contributed by atoms with Crippen LogP contribution < -0.4 is 0 Å². The fraction of sp³-hybridized carbons (Fsp3) is 0.455. The number of hydrogen-bond donors (Lipinski definition) is 0. The SMILES string of the molecule is [CH2-]CCCCC.[Mn+2].c1cc[cH-]c1. The van der Waals surface area contributed by atoms with Crippen molar-refractivity contribution in [1.82, 2.24) is 0 Å². The van der Waals surface area contributed by atoms with E-state index in [0.717, 1.165) is 6.42 Å². The molecule has 0 atom stereocenters. The zero-order valence-electron chi connectivity index (χ0n) is 7.80. The molecule has 0 saturated carbocycles. The summed E-state index contributed by atoms with van der Waals surface area (Å²) in [6.07, 6.45) is 5.07. The molecule has 0 aromatic heterocycles. The molecule has 0 nitrogen and oxygen atoms in total. The average Bonchev–Trinajstić information content (AvgIpc) is 2.57. The second-order valence-corrected chi connectivity index (χ2v) is 2.52. The second kappa shape index (κ2) is 13.5. The minimum Gasteiger partial charge on any atom is -0.343 e. The molecule has 69 valence electrons. The van der Waals surface area contributed by atoms with Gasteiger partial charge < -0.3 is 6.92 Å². The van der Waals surface area contributed by atoms with Gasteiger partial charge in [-0.25, -0.2) is 12.1 Å². The summed E-state index contributed by atoms with van der Waals surface area (Å²) in [6, 6.07) is 10.0. The third-order valence-corrected chi connectivity index (χ3v) is 1.41. The van der Waals surface area contributed by atoms with Gasteiger partial charge in [-0.1, -0.05) is 26.2 Å². The first-order chi connectivity index (χ1) is 5.41. The topological polar surface area (TPSA) is 0 Å². The van der Waals surface area contributed by atoms with Crippen molar-refractivity contribution in [3.05, 3.63) is 37.3 Å². The van der Waals surface area contributed by atoms with Crippen molar-refractivity contribution in [2.75, 3.05) is 0 Å². The number of rotatable bonds is 3. The fourth-order valence-electron chi connectivity index (χ4n) is 0.748. The van der Waals surface area contributed by atoms with Gasteiger partial charge in [0.25, 0.3) is 0 Å². The summed E-state index contributed by atoms with van der Waals surface area (Å²) in [6.45, 7) is 5.93. The molecule has 0 spiro atoms. The molecular formula is C11H18Mn. The maximum Gasteiger partial charge on any atom is 2.00 e. The first-order valence-electron chi connectivity index (χ1n) is 4.37. The standard InChI is InChI=1S/C6H13.C5H5.Mn/c1-3-5-6-4-2;1-2-4-5-3-1;/h1,3-6H2,2H3;1-5H;/q2*-1;+2. The molecule has 12 heavy (non-hydrogen) atoms. The number of hydrogen-bond acceptors (Lipinski definition) is 0. The normalized spacial score (nSPS) is 7.83. The zero-order valence-corrected chi connectivity index (χ0v) is 8.98. The van der Waals surface area contributed by atoms with Crippen LogP contribution >= 0.6 is 0 Å². The Morgan fingerprint density at radius 3 is 1.92 bits per heavy atom. The Bertz CT molecular complexity index is 100. The third kappa shape index (κ3) is 12.5. The smallest absolute Gasteiger partial charge is 0.343 e. The molecule has 0 heterocycles. The molecule has 0 saturated heterocycles. The first kappa shape index (κ1) is 14.4. The molecule has 0 aliphatic heterocycles. The zero-order chi connectivity index (χ0) is 8.36. The Morgan fingerprint density at radius 2 is 1.75 bits per heavy atom. The van der Waals surface area contributed by atoms with Crippen molar-refractivity contribution in [3.8, 4) is 0 Å². The summed E-state index contributed by atoms with van der Waals surface area (Å²) in [4.78, 5) is 0. The van der Waals surface area contributed by atoms with Gasteiger partial charge in [-0.15, -0.1) is 0 Å². The molecule has 0 bridgehead atoms. The molecule has 0 N–H and O–H groups in total.